The van der Waals surface area contributed by atoms with Gasteiger partial charge in [0, 0.05) is 37.9 Å². The maximum atomic E-state index is 12.5. The summed E-state index contributed by atoms with van der Waals surface area (Å²) in [4.78, 5) is 14.9. The van der Waals surface area contributed by atoms with E-state index in [1.165, 1.54) is 5.56 Å². The van der Waals surface area contributed by atoms with Crippen molar-refractivity contribution < 1.29 is 27.5 Å². The zero-order valence-corrected chi connectivity index (χ0v) is 40.7. The normalized spacial score (nSPS) is 12.8. The van der Waals surface area contributed by atoms with Crippen LogP contribution in [0.1, 0.15) is 112 Å². The quantitative estimate of drug-likeness (QED) is 0.175. The molecule has 0 amide bonds. The number of phenols is 1. The van der Waals surface area contributed by atoms with E-state index in [0.717, 1.165) is 77.7 Å². The van der Waals surface area contributed by atoms with Gasteiger partial charge in [-0.25, -0.2) is 9.97 Å². The third-order valence-electron chi connectivity index (χ3n) is 12.0. The van der Waals surface area contributed by atoms with Crippen molar-refractivity contribution in [3.8, 4) is 56.3 Å². The second-order valence-corrected chi connectivity index (χ2v) is 20.8. The van der Waals surface area contributed by atoms with Crippen molar-refractivity contribution in [2.75, 3.05) is 0 Å². The van der Waals surface area contributed by atoms with Crippen molar-refractivity contribution in [3.05, 3.63) is 149 Å². The Morgan fingerprint density at radius 1 is 0.581 bits per heavy atom. The van der Waals surface area contributed by atoms with Crippen molar-refractivity contribution in [2.45, 2.75) is 112 Å². The van der Waals surface area contributed by atoms with E-state index in [1.807, 2.05) is 25.1 Å². The zero-order valence-electron chi connectivity index (χ0n) is 39.4. The van der Waals surface area contributed by atoms with E-state index in [9.17, 15) is 5.11 Å². The molecule has 8 aromatic rings. The van der Waals surface area contributed by atoms with Gasteiger partial charge in [-0.2, -0.15) is 0 Å². The molecule has 0 aliphatic carbocycles. The zero-order chi connectivity index (χ0) is 44.7. The molecule has 2 aromatic heterocycles. The molecule has 0 saturated heterocycles. The molecule has 6 aromatic carbocycles. The number of aromatic hydroxyl groups is 1. The molecule has 5 nitrogen and oxygen atoms in total. The van der Waals surface area contributed by atoms with Crippen molar-refractivity contribution in [1.82, 2.24) is 19.5 Å². The minimum absolute atomic E-state index is 0. The number of phenolic OH excluding ortho intramolecular Hbond substituents is 1. The Hall–Kier alpha value is -5.38. The fourth-order valence-electron chi connectivity index (χ4n) is 8.26. The van der Waals surface area contributed by atoms with Gasteiger partial charge < -0.3 is 5.11 Å². The van der Waals surface area contributed by atoms with Gasteiger partial charge in [0.1, 0.15) is 19.2 Å². The fourth-order valence-corrected chi connectivity index (χ4v) is 8.26. The molecule has 0 fully saturated rings. The predicted molar refractivity (Wildman–Crippen MR) is 256 cm³/mol. The van der Waals surface area contributed by atoms with Gasteiger partial charge in [0.15, 0.2) is 0 Å². The minimum atomic E-state index is -0.340. The first-order chi connectivity index (χ1) is 29.0. The number of imidazole rings is 1. The SMILES string of the molecule is [2H]c1nc(-c2[c-]c(-c3cccc4c3nc(-c3cc(C(C)(C)C)cc(C(C)(C)C)c3O)n4-c3ccc(C(C)(C)C)cc3-c3ccccc3)cc(C(C)(C)C)c2)c2cccc(C)c2n1.[Pt]. The van der Waals surface area contributed by atoms with E-state index >= 15 is 0 Å². The Labute approximate surface area is 384 Å². The molecule has 0 spiro atoms. The van der Waals surface area contributed by atoms with Gasteiger partial charge in [-0.05, 0) is 80.5 Å². The Kier molecular flexibility index (Phi) is 11.2. The Bertz CT molecular complexity index is 3030. The van der Waals surface area contributed by atoms with Gasteiger partial charge in [0.2, 0.25) is 0 Å². The number of aryl methyl sites for hydroxylation is 1. The van der Waals surface area contributed by atoms with E-state index in [0.29, 0.717) is 17.1 Å². The smallest absolute Gasteiger partial charge is 0.148 e. The van der Waals surface area contributed by atoms with Gasteiger partial charge in [0.05, 0.1) is 27.8 Å². The molecule has 0 aliphatic rings. The summed E-state index contributed by atoms with van der Waals surface area (Å²) < 4.78 is 10.9. The largest absolute Gasteiger partial charge is 0.507 e. The number of fused-ring (bicyclic) bond motifs is 2. The average molecular weight is 1000 g/mol. The molecule has 62 heavy (non-hydrogen) atoms. The fraction of sp³-hybridized carbons (Fsp3) is 0.304. The van der Waals surface area contributed by atoms with Gasteiger partial charge >= 0.3 is 0 Å². The van der Waals surface area contributed by atoms with Crippen LogP contribution in [-0.2, 0) is 42.7 Å². The van der Waals surface area contributed by atoms with E-state index in [4.69, 9.17) is 11.3 Å². The maximum absolute atomic E-state index is 12.5. The number of hydrogen-bond acceptors (Lipinski definition) is 4. The molecular weight excluding hydrogens is 940 g/mol. The van der Waals surface area contributed by atoms with Crippen LogP contribution in [0.5, 0.6) is 5.75 Å². The average Bonchev–Trinajstić information content (AvgIpc) is 3.59. The standard InChI is InChI=1S/C56H59N4O.Pt/c1-34-19-17-23-42-48(34)57-33-58-49(42)37-27-36(28-39(29-37)54(5,6)7)41-22-18-24-47-50(41)59-52(44-31-40(55(8,9)10)32-45(51(44)61)56(11,12)13)60(47)46-26-25-38(53(2,3)4)30-43(46)35-20-15-14-16-21-35;/h14-26,28-33,61H,1-13H3;/q-1;/i33D;. The Morgan fingerprint density at radius 2 is 1.21 bits per heavy atom. The maximum Gasteiger partial charge on any atom is 0.148 e. The van der Waals surface area contributed by atoms with E-state index in [2.05, 4.69) is 190 Å². The molecule has 320 valence electrons. The molecule has 0 atom stereocenters. The van der Waals surface area contributed by atoms with Crippen LogP contribution in [-0.4, -0.2) is 24.6 Å². The number of hydrogen-bond donors (Lipinski definition) is 1. The van der Waals surface area contributed by atoms with Gasteiger partial charge in [-0.15, -0.1) is 29.3 Å². The predicted octanol–water partition coefficient (Wildman–Crippen LogP) is 14.6. The van der Waals surface area contributed by atoms with Gasteiger partial charge in [-0.3, -0.25) is 9.55 Å². The summed E-state index contributed by atoms with van der Waals surface area (Å²) in [5, 5.41) is 13.4. The number of aromatic nitrogens is 4. The summed E-state index contributed by atoms with van der Waals surface area (Å²) in [6.07, 6.45) is -0.0259. The van der Waals surface area contributed by atoms with Crippen molar-refractivity contribution in [1.29, 1.82) is 0 Å². The first-order valence-corrected chi connectivity index (χ1v) is 21.4. The van der Waals surface area contributed by atoms with Crippen molar-refractivity contribution in [3.63, 3.8) is 0 Å². The molecule has 0 saturated carbocycles. The molecule has 0 aliphatic heterocycles. The molecule has 1 N–H and O–H groups in total. The second kappa shape index (κ2) is 16.1. The third kappa shape index (κ3) is 8.29. The second-order valence-electron chi connectivity index (χ2n) is 20.8. The van der Waals surface area contributed by atoms with E-state index < -0.39 is 0 Å². The Balaban J connectivity index is 0.00000595. The summed E-state index contributed by atoms with van der Waals surface area (Å²) in [6.45, 7) is 28.5. The van der Waals surface area contributed by atoms with Crippen molar-refractivity contribution in [2.24, 2.45) is 0 Å². The summed E-state index contributed by atoms with van der Waals surface area (Å²) >= 11 is 0. The molecular formula is C56H59N4OPt-. The van der Waals surface area contributed by atoms with Crippen LogP contribution in [0.4, 0.5) is 0 Å². The van der Waals surface area contributed by atoms with Crippen LogP contribution < -0.4 is 0 Å². The molecule has 2 heterocycles. The van der Waals surface area contributed by atoms with Crippen LogP contribution in [0.3, 0.4) is 0 Å². The van der Waals surface area contributed by atoms with Crippen LogP contribution in [0.25, 0.3) is 72.5 Å². The first-order valence-electron chi connectivity index (χ1n) is 21.9. The molecule has 0 bridgehead atoms. The Morgan fingerprint density at radius 3 is 1.87 bits per heavy atom. The van der Waals surface area contributed by atoms with E-state index in [1.54, 1.807) is 0 Å². The first kappa shape index (κ1) is 43.3. The molecule has 0 radical (unpaired) electrons. The van der Waals surface area contributed by atoms with Crippen molar-refractivity contribution >= 4 is 21.9 Å². The topological polar surface area (TPSA) is 63.8 Å². The third-order valence-corrected chi connectivity index (χ3v) is 12.0. The van der Waals surface area contributed by atoms with Gasteiger partial charge in [0.25, 0.3) is 0 Å². The summed E-state index contributed by atoms with van der Waals surface area (Å²) in [7, 11) is 0. The minimum Gasteiger partial charge on any atom is -0.507 e. The number of benzene rings is 6. The van der Waals surface area contributed by atoms with Crippen LogP contribution in [0.2, 0.25) is 0 Å². The molecule has 8 rings (SSSR count). The number of nitrogens with zero attached hydrogens (tertiary/aromatic N) is 4. The van der Waals surface area contributed by atoms with Crippen LogP contribution in [0, 0.1) is 13.0 Å². The summed E-state index contributed by atoms with van der Waals surface area (Å²) in [5.74, 6) is 0.891. The monoisotopic (exact) mass is 999 g/mol. The van der Waals surface area contributed by atoms with E-state index in [-0.39, 0.29) is 54.8 Å². The molecule has 6 heteroatoms. The number of rotatable bonds is 5. The number of para-hydroxylation sites is 2. The summed E-state index contributed by atoms with van der Waals surface area (Å²) in [5.41, 5.74) is 14.0. The van der Waals surface area contributed by atoms with Gasteiger partial charge in [-0.1, -0.05) is 167 Å². The van der Waals surface area contributed by atoms with Crippen LogP contribution >= 0.6 is 0 Å². The van der Waals surface area contributed by atoms with Crippen LogP contribution in [0.15, 0.2) is 115 Å². The molecule has 0 unspecified atom stereocenters. The summed E-state index contributed by atoms with van der Waals surface area (Å²) in [6, 6.07) is 42.2.